The minimum absolute atomic E-state index is 0.0560. The third kappa shape index (κ3) is 2.70. The van der Waals surface area contributed by atoms with Crippen LogP contribution in [0.3, 0.4) is 0 Å². The van der Waals surface area contributed by atoms with Crippen LogP contribution in [0, 0.1) is 0 Å². The van der Waals surface area contributed by atoms with Crippen LogP contribution in [-0.4, -0.2) is 15.5 Å². The van der Waals surface area contributed by atoms with Gasteiger partial charge in [-0.15, -0.1) is 0 Å². The normalized spacial score (nSPS) is 12.3. The van der Waals surface area contributed by atoms with Crippen molar-refractivity contribution >= 4 is 28.5 Å². The summed E-state index contributed by atoms with van der Waals surface area (Å²) in [6, 6.07) is 15.2. The van der Waals surface area contributed by atoms with Crippen molar-refractivity contribution in [2.24, 2.45) is 7.05 Å². The van der Waals surface area contributed by atoms with Crippen molar-refractivity contribution < 1.29 is 4.79 Å². The molecule has 0 unspecified atom stereocenters. The van der Waals surface area contributed by atoms with Gasteiger partial charge in [0.1, 0.15) is 0 Å². The predicted octanol–water partition coefficient (Wildman–Crippen LogP) is 3.72. The van der Waals surface area contributed by atoms with E-state index in [9.17, 15) is 4.79 Å². The number of carbonyl (C=O) groups is 1. The van der Waals surface area contributed by atoms with Gasteiger partial charge in [-0.05, 0) is 42.3 Å². The van der Waals surface area contributed by atoms with Gasteiger partial charge in [-0.25, -0.2) is 4.98 Å². The van der Waals surface area contributed by atoms with E-state index >= 15 is 0 Å². The number of imidazole rings is 1. The van der Waals surface area contributed by atoms with E-state index in [0.717, 1.165) is 16.6 Å². The number of fused-ring (bicyclic) bond motifs is 1. The molecule has 0 saturated carbocycles. The molecular weight excluding hydrogens is 298 g/mol. The van der Waals surface area contributed by atoms with Gasteiger partial charge in [-0.3, -0.25) is 4.79 Å². The van der Waals surface area contributed by atoms with E-state index in [1.165, 1.54) is 0 Å². The Bertz CT molecular complexity index is 827. The van der Waals surface area contributed by atoms with Crippen LogP contribution in [0.1, 0.15) is 28.9 Å². The number of benzene rings is 2. The Morgan fingerprint density at radius 3 is 2.68 bits per heavy atom. The van der Waals surface area contributed by atoms with Gasteiger partial charge < -0.3 is 9.88 Å². The molecule has 0 radical (unpaired) electrons. The van der Waals surface area contributed by atoms with Gasteiger partial charge in [0, 0.05) is 12.6 Å². The minimum atomic E-state index is -0.115. The first-order chi connectivity index (χ1) is 10.6. The second-order valence-electron chi connectivity index (χ2n) is 5.25. The van der Waals surface area contributed by atoms with Gasteiger partial charge in [0.05, 0.1) is 17.1 Å². The summed E-state index contributed by atoms with van der Waals surface area (Å²) in [6.45, 7) is 1.96. The number of aromatic nitrogens is 2. The number of hydrogen-bond acceptors (Lipinski definition) is 2. The monoisotopic (exact) mass is 313 g/mol. The highest BCUT2D eigenvalue weighted by atomic mass is 35.5. The van der Waals surface area contributed by atoms with E-state index in [0.29, 0.717) is 10.8 Å². The van der Waals surface area contributed by atoms with Crippen LogP contribution in [0.5, 0.6) is 0 Å². The second-order valence-corrected chi connectivity index (χ2v) is 5.59. The average molecular weight is 314 g/mol. The molecule has 0 aliphatic rings. The predicted molar refractivity (Wildman–Crippen MR) is 88.0 cm³/mol. The molecule has 1 amide bonds. The quantitative estimate of drug-likeness (QED) is 0.801. The highest BCUT2D eigenvalue weighted by Crippen LogP contribution is 2.20. The van der Waals surface area contributed by atoms with E-state index in [-0.39, 0.29) is 11.9 Å². The highest BCUT2D eigenvalue weighted by Gasteiger charge is 2.13. The van der Waals surface area contributed by atoms with Crippen molar-refractivity contribution in [3.8, 4) is 0 Å². The Morgan fingerprint density at radius 2 is 1.95 bits per heavy atom. The largest absolute Gasteiger partial charge is 0.346 e. The zero-order valence-electron chi connectivity index (χ0n) is 12.4. The number of rotatable bonds is 3. The van der Waals surface area contributed by atoms with Gasteiger partial charge in [0.15, 0.2) is 0 Å². The van der Waals surface area contributed by atoms with Crippen LogP contribution in [0.15, 0.2) is 48.5 Å². The van der Waals surface area contributed by atoms with E-state index < -0.39 is 0 Å². The van der Waals surface area contributed by atoms with Crippen molar-refractivity contribution in [3.05, 3.63) is 64.9 Å². The van der Waals surface area contributed by atoms with Crippen LogP contribution in [0.4, 0.5) is 0 Å². The number of halogens is 1. The molecule has 1 aromatic heterocycles. The van der Waals surface area contributed by atoms with Crippen molar-refractivity contribution in [1.82, 2.24) is 14.9 Å². The lowest BCUT2D eigenvalue weighted by molar-refractivity contribution is 0.0940. The zero-order chi connectivity index (χ0) is 15.7. The van der Waals surface area contributed by atoms with Crippen LogP contribution < -0.4 is 5.32 Å². The Morgan fingerprint density at radius 1 is 1.23 bits per heavy atom. The molecule has 1 atom stereocenters. The standard InChI is InChI=1S/C17H16ClN3O/c1-11(12-6-4-3-5-7-12)19-16(22)13-8-9-14-15(10-13)21(2)17(18)20-14/h3-11H,1-2H3,(H,19,22)/t11-/m1/s1. The fourth-order valence-electron chi connectivity index (χ4n) is 2.41. The van der Waals surface area contributed by atoms with E-state index in [1.54, 1.807) is 16.7 Å². The molecule has 4 nitrogen and oxygen atoms in total. The third-order valence-electron chi connectivity index (χ3n) is 3.74. The topological polar surface area (TPSA) is 46.9 Å². The lowest BCUT2D eigenvalue weighted by Gasteiger charge is -2.14. The third-order valence-corrected chi connectivity index (χ3v) is 4.07. The van der Waals surface area contributed by atoms with E-state index in [4.69, 9.17) is 11.6 Å². The smallest absolute Gasteiger partial charge is 0.251 e. The van der Waals surface area contributed by atoms with Crippen LogP contribution in [0.2, 0.25) is 5.28 Å². The summed E-state index contributed by atoms with van der Waals surface area (Å²) in [4.78, 5) is 16.6. The summed E-state index contributed by atoms with van der Waals surface area (Å²) < 4.78 is 1.76. The van der Waals surface area contributed by atoms with Crippen LogP contribution >= 0.6 is 11.6 Å². The number of amides is 1. The molecule has 22 heavy (non-hydrogen) atoms. The number of nitrogens with zero attached hydrogens (tertiary/aromatic N) is 2. The minimum Gasteiger partial charge on any atom is -0.346 e. The van der Waals surface area contributed by atoms with Gasteiger partial charge in [-0.2, -0.15) is 0 Å². The fraction of sp³-hybridized carbons (Fsp3) is 0.176. The van der Waals surface area contributed by atoms with E-state index in [1.807, 2.05) is 50.4 Å². The van der Waals surface area contributed by atoms with Gasteiger partial charge in [-0.1, -0.05) is 30.3 Å². The number of carbonyl (C=O) groups excluding carboxylic acids is 1. The molecule has 112 valence electrons. The Hall–Kier alpha value is -2.33. The Balaban J connectivity index is 1.84. The van der Waals surface area contributed by atoms with Crippen LogP contribution in [-0.2, 0) is 7.05 Å². The van der Waals surface area contributed by atoms with Gasteiger partial charge in [0.25, 0.3) is 5.91 Å². The summed E-state index contributed by atoms with van der Waals surface area (Å²) >= 11 is 6.00. The zero-order valence-corrected chi connectivity index (χ0v) is 13.1. The summed E-state index contributed by atoms with van der Waals surface area (Å²) in [5, 5.41) is 3.41. The maximum Gasteiger partial charge on any atom is 0.251 e. The summed E-state index contributed by atoms with van der Waals surface area (Å²) in [5.41, 5.74) is 3.28. The second kappa shape index (κ2) is 5.81. The molecule has 1 N–H and O–H groups in total. The first kappa shape index (κ1) is 14.6. The fourth-order valence-corrected chi connectivity index (χ4v) is 2.59. The van der Waals surface area contributed by atoms with E-state index in [2.05, 4.69) is 10.3 Å². The van der Waals surface area contributed by atoms with Gasteiger partial charge >= 0.3 is 0 Å². The Labute approximate surface area is 133 Å². The first-order valence-electron chi connectivity index (χ1n) is 7.04. The van der Waals surface area contributed by atoms with Gasteiger partial charge in [0.2, 0.25) is 5.28 Å². The first-order valence-corrected chi connectivity index (χ1v) is 7.42. The molecule has 0 aliphatic carbocycles. The molecular formula is C17H16ClN3O. The molecule has 0 bridgehead atoms. The summed E-state index contributed by atoms with van der Waals surface area (Å²) in [6.07, 6.45) is 0. The molecule has 0 saturated heterocycles. The molecule has 0 spiro atoms. The van der Waals surface area contributed by atoms with Crippen molar-refractivity contribution in [2.45, 2.75) is 13.0 Å². The number of aryl methyl sites for hydroxylation is 1. The Kier molecular flexibility index (Phi) is 3.86. The van der Waals surface area contributed by atoms with Crippen LogP contribution in [0.25, 0.3) is 11.0 Å². The maximum absolute atomic E-state index is 12.4. The average Bonchev–Trinajstić information content (AvgIpc) is 2.82. The molecule has 0 fully saturated rings. The lowest BCUT2D eigenvalue weighted by Crippen LogP contribution is -2.26. The molecule has 2 aromatic carbocycles. The van der Waals surface area contributed by atoms with Crippen molar-refractivity contribution in [1.29, 1.82) is 0 Å². The molecule has 1 heterocycles. The summed E-state index contributed by atoms with van der Waals surface area (Å²) in [5.74, 6) is -0.115. The highest BCUT2D eigenvalue weighted by molar-refractivity contribution is 6.29. The number of nitrogens with one attached hydrogen (secondary N) is 1. The molecule has 3 rings (SSSR count). The molecule has 5 heteroatoms. The summed E-state index contributed by atoms with van der Waals surface area (Å²) in [7, 11) is 1.83. The number of hydrogen-bond donors (Lipinski definition) is 1. The molecule has 0 aliphatic heterocycles. The molecule has 3 aromatic rings. The van der Waals surface area contributed by atoms with Crippen molar-refractivity contribution in [2.75, 3.05) is 0 Å². The maximum atomic E-state index is 12.4. The van der Waals surface area contributed by atoms with Crippen molar-refractivity contribution in [3.63, 3.8) is 0 Å². The SMILES string of the molecule is C[C@@H](NC(=O)c1ccc2nc(Cl)n(C)c2c1)c1ccccc1. The lowest BCUT2D eigenvalue weighted by atomic mass is 10.1.